The first-order valence-electron chi connectivity index (χ1n) is 7.84. The summed E-state index contributed by atoms with van der Waals surface area (Å²) in [4.78, 5) is 23.7. The number of nitrogens with one attached hydrogen (secondary N) is 1. The van der Waals surface area contributed by atoms with E-state index in [4.69, 9.17) is 10.5 Å². The lowest BCUT2D eigenvalue weighted by Crippen LogP contribution is -2.31. The van der Waals surface area contributed by atoms with Gasteiger partial charge in [-0.05, 0) is 42.7 Å². The van der Waals surface area contributed by atoms with Gasteiger partial charge < -0.3 is 15.8 Å². The first-order valence-corrected chi connectivity index (χ1v) is 7.84. The largest absolute Gasteiger partial charge is 0.481 e. The van der Waals surface area contributed by atoms with Gasteiger partial charge in [-0.3, -0.25) is 9.59 Å². The average Bonchev–Trinajstić information content (AvgIpc) is 2.55. The third-order valence-electron chi connectivity index (χ3n) is 3.68. The van der Waals surface area contributed by atoms with Gasteiger partial charge in [-0.15, -0.1) is 0 Å². The molecule has 0 fully saturated rings. The molecule has 2 aromatic rings. The number of para-hydroxylation sites is 1. The average molecular weight is 326 g/mol. The number of anilines is 1. The van der Waals surface area contributed by atoms with Gasteiger partial charge >= 0.3 is 0 Å². The van der Waals surface area contributed by atoms with Crippen LogP contribution in [0.25, 0.3) is 0 Å². The number of ether oxygens (including phenoxy) is 1. The van der Waals surface area contributed by atoms with Gasteiger partial charge in [0.05, 0.1) is 11.3 Å². The maximum Gasteiger partial charge on any atom is 0.265 e. The van der Waals surface area contributed by atoms with Crippen LogP contribution in [0.1, 0.15) is 42.6 Å². The molecule has 24 heavy (non-hydrogen) atoms. The lowest BCUT2D eigenvalue weighted by Gasteiger charge is -2.16. The summed E-state index contributed by atoms with van der Waals surface area (Å²) in [6.45, 7) is 5.88. The van der Waals surface area contributed by atoms with Gasteiger partial charge in [0.25, 0.3) is 11.8 Å². The van der Waals surface area contributed by atoms with Crippen LogP contribution in [0.2, 0.25) is 0 Å². The van der Waals surface area contributed by atoms with E-state index in [1.165, 1.54) is 5.56 Å². The van der Waals surface area contributed by atoms with Crippen molar-refractivity contribution >= 4 is 17.5 Å². The highest BCUT2D eigenvalue weighted by molar-refractivity contribution is 6.03. The van der Waals surface area contributed by atoms with E-state index in [1.807, 2.05) is 24.3 Å². The molecular weight excluding hydrogens is 304 g/mol. The minimum Gasteiger partial charge on any atom is -0.481 e. The first-order chi connectivity index (χ1) is 11.4. The molecule has 1 atom stereocenters. The standard InChI is InChI=1S/C19H22N2O3/c1-12(2)14-8-10-15(11-9-14)24-13(3)19(23)21-17-7-5-4-6-16(17)18(20)22/h4-13H,1-3H3,(H2,20,22)(H,21,23)/t13-/m0/s1. The lowest BCUT2D eigenvalue weighted by molar-refractivity contribution is -0.122. The zero-order chi connectivity index (χ0) is 17.7. The molecule has 0 aliphatic heterocycles. The molecule has 3 N–H and O–H groups in total. The van der Waals surface area contributed by atoms with Crippen molar-refractivity contribution in [3.63, 3.8) is 0 Å². The molecule has 0 aliphatic rings. The van der Waals surface area contributed by atoms with Crippen molar-refractivity contribution in [3.8, 4) is 5.75 Å². The molecule has 2 rings (SSSR count). The number of rotatable bonds is 6. The zero-order valence-corrected chi connectivity index (χ0v) is 14.1. The molecule has 0 saturated heterocycles. The third-order valence-corrected chi connectivity index (χ3v) is 3.68. The topological polar surface area (TPSA) is 81.4 Å². The summed E-state index contributed by atoms with van der Waals surface area (Å²) in [5.74, 6) is 0.107. The van der Waals surface area contributed by atoms with Gasteiger partial charge in [0.15, 0.2) is 6.10 Å². The highest BCUT2D eigenvalue weighted by Gasteiger charge is 2.17. The summed E-state index contributed by atoms with van der Waals surface area (Å²) >= 11 is 0. The number of nitrogens with two attached hydrogens (primary N) is 1. The van der Waals surface area contributed by atoms with Crippen molar-refractivity contribution in [1.29, 1.82) is 0 Å². The van der Waals surface area contributed by atoms with Gasteiger partial charge in [0.2, 0.25) is 0 Å². The normalized spacial score (nSPS) is 11.8. The van der Waals surface area contributed by atoms with Crippen molar-refractivity contribution in [2.45, 2.75) is 32.8 Å². The van der Waals surface area contributed by atoms with Crippen molar-refractivity contribution < 1.29 is 14.3 Å². The summed E-state index contributed by atoms with van der Waals surface area (Å²) in [6.07, 6.45) is -0.712. The Morgan fingerprint density at radius 3 is 2.21 bits per heavy atom. The van der Waals surface area contributed by atoms with Crippen LogP contribution in [0, 0.1) is 0 Å². The van der Waals surface area contributed by atoms with Crippen LogP contribution in [0.15, 0.2) is 48.5 Å². The van der Waals surface area contributed by atoms with Crippen LogP contribution >= 0.6 is 0 Å². The fourth-order valence-electron chi connectivity index (χ4n) is 2.23. The summed E-state index contributed by atoms with van der Waals surface area (Å²) in [5.41, 5.74) is 7.15. The second-order valence-electron chi connectivity index (χ2n) is 5.88. The summed E-state index contributed by atoms with van der Waals surface area (Å²) in [6, 6.07) is 14.2. The smallest absolute Gasteiger partial charge is 0.265 e. The minimum atomic E-state index is -0.712. The van der Waals surface area contributed by atoms with E-state index in [9.17, 15) is 9.59 Å². The molecule has 126 valence electrons. The van der Waals surface area contributed by atoms with Crippen LogP contribution < -0.4 is 15.8 Å². The number of benzene rings is 2. The quantitative estimate of drug-likeness (QED) is 0.854. The van der Waals surface area contributed by atoms with E-state index in [2.05, 4.69) is 19.2 Å². The fourth-order valence-corrected chi connectivity index (χ4v) is 2.23. The minimum absolute atomic E-state index is 0.263. The monoisotopic (exact) mass is 326 g/mol. The van der Waals surface area contributed by atoms with Gasteiger partial charge in [-0.2, -0.15) is 0 Å². The van der Waals surface area contributed by atoms with E-state index >= 15 is 0 Å². The van der Waals surface area contributed by atoms with Crippen LogP contribution in [0.4, 0.5) is 5.69 Å². The van der Waals surface area contributed by atoms with Crippen molar-refractivity contribution in [1.82, 2.24) is 0 Å². The summed E-state index contributed by atoms with van der Waals surface area (Å²) in [5, 5.41) is 2.68. The highest BCUT2D eigenvalue weighted by atomic mass is 16.5. The molecule has 2 amide bonds. The molecule has 0 bridgehead atoms. The highest BCUT2D eigenvalue weighted by Crippen LogP contribution is 2.20. The van der Waals surface area contributed by atoms with E-state index in [-0.39, 0.29) is 11.5 Å². The number of hydrogen-bond donors (Lipinski definition) is 2. The second-order valence-corrected chi connectivity index (χ2v) is 5.88. The summed E-state index contributed by atoms with van der Waals surface area (Å²) < 4.78 is 5.66. The molecule has 0 heterocycles. The van der Waals surface area contributed by atoms with Crippen LogP contribution in [0.3, 0.4) is 0 Å². The second kappa shape index (κ2) is 7.64. The molecule has 0 saturated carbocycles. The predicted molar refractivity (Wildman–Crippen MR) is 94.2 cm³/mol. The van der Waals surface area contributed by atoms with Gasteiger partial charge in [0, 0.05) is 0 Å². The van der Waals surface area contributed by atoms with Gasteiger partial charge in [-0.1, -0.05) is 38.1 Å². The first kappa shape index (κ1) is 17.5. The number of hydrogen-bond acceptors (Lipinski definition) is 3. The van der Waals surface area contributed by atoms with Gasteiger partial charge in [-0.25, -0.2) is 0 Å². The maximum atomic E-state index is 12.3. The third kappa shape index (κ3) is 4.35. The molecule has 0 aromatic heterocycles. The molecule has 0 aliphatic carbocycles. The van der Waals surface area contributed by atoms with Gasteiger partial charge in [0.1, 0.15) is 5.75 Å². The molecule has 0 radical (unpaired) electrons. The molecule has 5 heteroatoms. The van der Waals surface area contributed by atoms with E-state index < -0.39 is 12.0 Å². The van der Waals surface area contributed by atoms with Crippen molar-refractivity contribution in [2.24, 2.45) is 5.73 Å². The molecule has 0 unspecified atom stereocenters. The Morgan fingerprint density at radius 2 is 1.62 bits per heavy atom. The van der Waals surface area contributed by atoms with Crippen LogP contribution in [0.5, 0.6) is 5.75 Å². The Kier molecular flexibility index (Phi) is 5.58. The summed E-state index contributed by atoms with van der Waals surface area (Å²) in [7, 11) is 0. The number of carbonyl (C=O) groups is 2. The van der Waals surface area contributed by atoms with Crippen LogP contribution in [-0.2, 0) is 4.79 Å². The molecular formula is C19H22N2O3. The Bertz CT molecular complexity index is 724. The Morgan fingerprint density at radius 1 is 1.00 bits per heavy atom. The Hall–Kier alpha value is -2.82. The predicted octanol–water partition coefficient (Wildman–Crippen LogP) is 3.31. The Balaban J connectivity index is 2.03. The number of amides is 2. The molecule has 2 aromatic carbocycles. The number of carbonyl (C=O) groups excluding carboxylic acids is 2. The molecule has 0 spiro atoms. The van der Waals surface area contributed by atoms with Crippen molar-refractivity contribution in [2.75, 3.05) is 5.32 Å². The van der Waals surface area contributed by atoms with Crippen molar-refractivity contribution in [3.05, 3.63) is 59.7 Å². The fraction of sp³-hybridized carbons (Fsp3) is 0.263. The SMILES string of the molecule is CC(C)c1ccc(O[C@@H](C)C(=O)Nc2ccccc2C(N)=O)cc1. The lowest BCUT2D eigenvalue weighted by atomic mass is 10.0. The van der Waals surface area contributed by atoms with Crippen LogP contribution in [-0.4, -0.2) is 17.9 Å². The molecule has 5 nitrogen and oxygen atoms in total. The Labute approximate surface area is 141 Å². The van der Waals surface area contributed by atoms with E-state index in [0.717, 1.165) is 0 Å². The zero-order valence-electron chi connectivity index (χ0n) is 14.1. The number of primary amides is 1. The van der Waals surface area contributed by atoms with E-state index in [0.29, 0.717) is 17.4 Å². The maximum absolute atomic E-state index is 12.3. The van der Waals surface area contributed by atoms with E-state index in [1.54, 1.807) is 31.2 Å².